The largest absolute Gasteiger partial charge is 0.336 e. The number of anilines is 3. The van der Waals surface area contributed by atoms with Crippen LogP contribution in [0.3, 0.4) is 0 Å². The van der Waals surface area contributed by atoms with Gasteiger partial charge in [0.15, 0.2) is 0 Å². The van der Waals surface area contributed by atoms with Crippen LogP contribution in [-0.2, 0) is 0 Å². The lowest BCUT2D eigenvalue weighted by molar-refractivity contribution is 0.102. The summed E-state index contributed by atoms with van der Waals surface area (Å²) in [5.74, 6) is -0.261. The summed E-state index contributed by atoms with van der Waals surface area (Å²) in [4.78, 5) is 32.6. The standard InChI is InChI=1S/C24H32ClN5O2S/c1-3-28(4-2)15-17-9-7-8-13-29(17)14-12-26-24(32)30-20-11-6-5-10-19(20)27-23(31)18-16-33-22(25)21(18)30/h5-6,10-11,16-17H,3-4,7-9,12-15H2,1-2H3,(H,26,32)(H,27,31). The number of nitrogens with one attached hydrogen (secondary N) is 2. The topological polar surface area (TPSA) is 67.9 Å². The van der Waals surface area contributed by atoms with Crippen molar-refractivity contribution in [3.8, 4) is 0 Å². The van der Waals surface area contributed by atoms with Crippen LogP contribution in [0.1, 0.15) is 43.5 Å². The molecule has 2 N–H and O–H groups in total. The first-order valence-corrected chi connectivity index (χ1v) is 13.0. The number of hydrogen-bond acceptors (Lipinski definition) is 5. The molecule has 0 radical (unpaired) electrons. The number of likely N-dealkylation sites (tertiary alicyclic amines) is 1. The Kier molecular flexibility index (Phi) is 7.90. The van der Waals surface area contributed by atoms with Gasteiger partial charge in [-0.2, -0.15) is 0 Å². The van der Waals surface area contributed by atoms with Crippen molar-refractivity contribution in [1.29, 1.82) is 0 Å². The Morgan fingerprint density at radius 2 is 2.06 bits per heavy atom. The van der Waals surface area contributed by atoms with Gasteiger partial charge in [0, 0.05) is 31.1 Å². The van der Waals surface area contributed by atoms with Gasteiger partial charge in [-0.3, -0.25) is 14.6 Å². The smallest absolute Gasteiger partial charge is 0.326 e. The van der Waals surface area contributed by atoms with Crippen LogP contribution in [0.2, 0.25) is 4.34 Å². The second kappa shape index (κ2) is 10.9. The molecule has 0 aliphatic carbocycles. The number of benzene rings is 1. The molecule has 33 heavy (non-hydrogen) atoms. The lowest BCUT2D eigenvalue weighted by Gasteiger charge is -2.38. The summed E-state index contributed by atoms with van der Waals surface area (Å²) in [6.45, 7) is 10.00. The highest BCUT2D eigenvalue weighted by atomic mass is 35.5. The average molecular weight is 490 g/mol. The van der Waals surface area contributed by atoms with Crippen molar-refractivity contribution < 1.29 is 9.59 Å². The lowest BCUT2D eigenvalue weighted by Crippen LogP contribution is -2.49. The third kappa shape index (κ3) is 5.19. The fraction of sp³-hybridized carbons (Fsp3) is 0.500. The molecule has 1 aromatic carbocycles. The van der Waals surface area contributed by atoms with Crippen molar-refractivity contribution in [2.24, 2.45) is 0 Å². The second-order valence-corrected chi connectivity index (χ2v) is 9.96. The number of halogens is 1. The van der Waals surface area contributed by atoms with E-state index >= 15 is 0 Å². The van der Waals surface area contributed by atoms with Crippen molar-refractivity contribution in [3.63, 3.8) is 0 Å². The molecule has 2 aromatic rings. The van der Waals surface area contributed by atoms with Crippen LogP contribution in [0.25, 0.3) is 0 Å². The minimum atomic E-state index is -0.280. The summed E-state index contributed by atoms with van der Waals surface area (Å²) in [7, 11) is 0. The highest BCUT2D eigenvalue weighted by Gasteiger charge is 2.32. The van der Waals surface area contributed by atoms with Crippen molar-refractivity contribution in [2.45, 2.75) is 39.2 Å². The first kappa shape index (κ1) is 24.0. The highest BCUT2D eigenvalue weighted by molar-refractivity contribution is 7.15. The van der Waals surface area contributed by atoms with E-state index in [1.807, 2.05) is 18.2 Å². The minimum Gasteiger partial charge on any atom is -0.336 e. The van der Waals surface area contributed by atoms with E-state index < -0.39 is 0 Å². The number of nitrogens with zero attached hydrogens (tertiary/aromatic N) is 3. The molecule has 178 valence electrons. The van der Waals surface area contributed by atoms with Crippen LogP contribution in [0, 0.1) is 0 Å². The number of thiophene rings is 1. The molecule has 0 spiro atoms. The molecule has 0 bridgehead atoms. The number of piperidine rings is 1. The lowest BCUT2D eigenvalue weighted by atomic mass is 10.0. The Balaban J connectivity index is 1.48. The van der Waals surface area contributed by atoms with E-state index in [9.17, 15) is 9.59 Å². The van der Waals surface area contributed by atoms with Crippen molar-refractivity contribution in [2.75, 3.05) is 49.5 Å². The number of carbonyl (C=O) groups is 2. The van der Waals surface area contributed by atoms with E-state index in [1.54, 1.807) is 11.4 Å². The number of likely N-dealkylation sites (N-methyl/N-ethyl adjacent to an activating group) is 1. The van der Waals surface area contributed by atoms with Crippen molar-refractivity contribution >= 4 is 51.9 Å². The van der Waals surface area contributed by atoms with Gasteiger partial charge in [0.2, 0.25) is 0 Å². The van der Waals surface area contributed by atoms with Crippen LogP contribution < -0.4 is 15.5 Å². The number of rotatable bonds is 7. The van der Waals surface area contributed by atoms with E-state index in [1.165, 1.54) is 35.5 Å². The van der Waals surface area contributed by atoms with Crippen molar-refractivity contribution in [3.05, 3.63) is 39.5 Å². The molecular weight excluding hydrogens is 458 g/mol. The van der Waals surface area contributed by atoms with Crippen LogP contribution >= 0.6 is 22.9 Å². The van der Waals surface area contributed by atoms with Gasteiger partial charge < -0.3 is 15.5 Å². The van der Waals surface area contributed by atoms with Gasteiger partial charge in [0.1, 0.15) is 4.34 Å². The van der Waals surface area contributed by atoms with Gasteiger partial charge >= 0.3 is 6.03 Å². The second-order valence-electron chi connectivity index (χ2n) is 8.48. The maximum absolute atomic E-state index is 13.4. The first-order chi connectivity index (χ1) is 16.0. The molecule has 1 saturated heterocycles. The van der Waals surface area contributed by atoms with Gasteiger partial charge in [-0.1, -0.05) is 44.0 Å². The maximum Gasteiger partial charge on any atom is 0.326 e. The summed E-state index contributed by atoms with van der Waals surface area (Å²) >= 11 is 7.71. The Labute approximate surface area is 204 Å². The van der Waals surface area contributed by atoms with E-state index in [-0.39, 0.29) is 11.9 Å². The summed E-state index contributed by atoms with van der Waals surface area (Å²) in [6, 6.07) is 7.54. The molecule has 0 saturated carbocycles. The summed E-state index contributed by atoms with van der Waals surface area (Å²) in [5.41, 5.74) is 2.05. The third-order valence-electron chi connectivity index (χ3n) is 6.57. The Morgan fingerprint density at radius 3 is 2.85 bits per heavy atom. The van der Waals surface area contributed by atoms with E-state index in [0.717, 1.165) is 32.7 Å². The van der Waals surface area contributed by atoms with Crippen LogP contribution in [-0.4, -0.2) is 67.0 Å². The molecule has 2 aliphatic heterocycles. The summed E-state index contributed by atoms with van der Waals surface area (Å²) < 4.78 is 0.419. The maximum atomic E-state index is 13.4. The molecule has 9 heteroatoms. The minimum absolute atomic E-state index is 0.261. The fourth-order valence-corrected chi connectivity index (χ4v) is 5.79. The zero-order valence-electron chi connectivity index (χ0n) is 19.3. The molecule has 3 amide bonds. The Bertz CT molecular complexity index is 993. The number of fused-ring (bicyclic) bond motifs is 2. The van der Waals surface area contributed by atoms with E-state index in [4.69, 9.17) is 11.6 Å². The molecule has 1 unspecified atom stereocenters. The van der Waals surface area contributed by atoms with Crippen molar-refractivity contribution in [1.82, 2.24) is 15.1 Å². The highest BCUT2D eigenvalue weighted by Crippen LogP contribution is 2.44. The average Bonchev–Trinajstić information content (AvgIpc) is 3.14. The van der Waals surface area contributed by atoms with E-state index in [2.05, 4.69) is 34.3 Å². The predicted molar refractivity (Wildman–Crippen MR) is 136 cm³/mol. The SMILES string of the molecule is CCN(CC)CC1CCCCN1CCNC(=O)N1c2ccccc2NC(=O)c2csc(Cl)c21. The summed E-state index contributed by atoms with van der Waals surface area (Å²) in [5, 5.41) is 7.67. The number of urea groups is 1. The number of para-hydroxylation sites is 2. The molecule has 1 atom stereocenters. The van der Waals surface area contributed by atoms with E-state index in [0.29, 0.717) is 39.5 Å². The Morgan fingerprint density at radius 1 is 1.27 bits per heavy atom. The first-order valence-electron chi connectivity index (χ1n) is 11.7. The molecule has 7 nitrogen and oxygen atoms in total. The predicted octanol–water partition coefficient (Wildman–Crippen LogP) is 5.01. The van der Waals surface area contributed by atoms with Gasteiger partial charge in [-0.25, -0.2) is 4.79 Å². The van der Waals surface area contributed by atoms with Crippen LogP contribution in [0.4, 0.5) is 21.9 Å². The zero-order chi connectivity index (χ0) is 23.4. The molecule has 2 aliphatic rings. The number of carbonyl (C=O) groups excluding carboxylic acids is 2. The third-order valence-corrected chi connectivity index (χ3v) is 7.77. The molecule has 3 heterocycles. The monoisotopic (exact) mass is 489 g/mol. The van der Waals surface area contributed by atoms with Gasteiger partial charge in [-0.15, -0.1) is 11.3 Å². The van der Waals surface area contributed by atoms with Gasteiger partial charge in [0.25, 0.3) is 5.91 Å². The normalized spacial score (nSPS) is 18.5. The summed E-state index contributed by atoms with van der Waals surface area (Å²) in [6.07, 6.45) is 3.66. The number of hydrogen-bond donors (Lipinski definition) is 2. The van der Waals surface area contributed by atoms with Gasteiger partial charge in [-0.05, 0) is 44.6 Å². The van der Waals surface area contributed by atoms with Gasteiger partial charge in [0.05, 0.1) is 22.6 Å². The zero-order valence-corrected chi connectivity index (χ0v) is 20.8. The van der Waals surface area contributed by atoms with Crippen LogP contribution in [0.5, 0.6) is 0 Å². The fourth-order valence-electron chi connectivity index (χ4n) is 4.72. The quantitative estimate of drug-likeness (QED) is 0.573. The molecule has 1 fully saturated rings. The number of amides is 3. The van der Waals surface area contributed by atoms with Crippen LogP contribution in [0.15, 0.2) is 29.6 Å². The molecule has 4 rings (SSSR count). The molecular formula is C24H32ClN5O2S. The Hall–Kier alpha value is -2.13. The molecule has 1 aromatic heterocycles.